The first-order valence-electron chi connectivity index (χ1n) is 6.50. The Hall–Kier alpha value is -1.98. The van der Waals surface area contributed by atoms with Crippen molar-refractivity contribution in [2.75, 3.05) is 11.4 Å². The van der Waals surface area contributed by atoms with Gasteiger partial charge in [-0.05, 0) is 25.0 Å². The summed E-state index contributed by atoms with van der Waals surface area (Å²) in [6.07, 6.45) is 2.05. The monoisotopic (exact) mass is 282 g/mol. The predicted molar refractivity (Wildman–Crippen MR) is 70.2 cm³/mol. The van der Waals surface area contributed by atoms with Crippen LogP contribution in [0.2, 0.25) is 0 Å². The lowest BCUT2D eigenvalue weighted by Crippen LogP contribution is -2.35. The molecule has 108 valence electrons. The number of carbonyl (C=O) groups excluding carboxylic acids is 2. The molecule has 4 nitrogen and oxygen atoms in total. The van der Waals surface area contributed by atoms with Crippen molar-refractivity contribution in [3.63, 3.8) is 0 Å². The molecule has 2 amide bonds. The molecule has 20 heavy (non-hydrogen) atoms. The van der Waals surface area contributed by atoms with Crippen LogP contribution in [0.4, 0.5) is 14.5 Å². The molecule has 1 aliphatic rings. The lowest BCUT2D eigenvalue weighted by atomic mass is 10.2. The molecule has 1 N–H and O–H groups in total. The highest BCUT2D eigenvalue weighted by atomic mass is 19.1. The molecule has 0 radical (unpaired) electrons. The Morgan fingerprint density at radius 2 is 2.05 bits per heavy atom. The maximum absolute atomic E-state index is 13.7. The number of nitrogens with one attached hydrogen (secondary N) is 1. The third kappa shape index (κ3) is 3.76. The maximum Gasteiger partial charge on any atom is 0.223 e. The van der Waals surface area contributed by atoms with E-state index in [0.29, 0.717) is 0 Å². The molecule has 1 aromatic rings. The Morgan fingerprint density at radius 1 is 1.35 bits per heavy atom. The van der Waals surface area contributed by atoms with Gasteiger partial charge in [-0.1, -0.05) is 0 Å². The quantitative estimate of drug-likeness (QED) is 0.898. The molecule has 0 aliphatic heterocycles. The second-order valence-corrected chi connectivity index (χ2v) is 4.86. The zero-order valence-electron chi connectivity index (χ0n) is 11.2. The van der Waals surface area contributed by atoms with Gasteiger partial charge < -0.3 is 10.2 Å². The maximum atomic E-state index is 13.7. The fourth-order valence-electron chi connectivity index (χ4n) is 1.89. The molecule has 1 aliphatic carbocycles. The molecule has 0 heterocycles. The Kier molecular flexibility index (Phi) is 4.32. The van der Waals surface area contributed by atoms with Gasteiger partial charge in [0.15, 0.2) is 0 Å². The van der Waals surface area contributed by atoms with Crippen LogP contribution < -0.4 is 10.2 Å². The van der Waals surface area contributed by atoms with E-state index in [-0.39, 0.29) is 30.6 Å². The molecular weight excluding hydrogens is 266 g/mol. The number of hydrogen-bond donors (Lipinski definition) is 1. The van der Waals surface area contributed by atoms with Crippen molar-refractivity contribution in [3.8, 4) is 0 Å². The molecule has 0 atom stereocenters. The second-order valence-electron chi connectivity index (χ2n) is 4.86. The largest absolute Gasteiger partial charge is 0.353 e. The number of anilines is 1. The van der Waals surface area contributed by atoms with Gasteiger partial charge in [0.1, 0.15) is 11.6 Å². The van der Waals surface area contributed by atoms with Crippen LogP contribution in [0.15, 0.2) is 18.2 Å². The van der Waals surface area contributed by atoms with Gasteiger partial charge in [-0.15, -0.1) is 0 Å². The molecule has 6 heteroatoms. The van der Waals surface area contributed by atoms with Crippen molar-refractivity contribution in [1.82, 2.24) is 5.32 Å². The van der Waals surface area contributed by atoms with Crippen LogP contribution >= 0.6 is 0 Å². The van der Waals surface area contributed by atoms with Crippen LogP contribution in [0, 0.1) is 11.6 Å². The van der Waals surface area contributed by atoms with Crippen molar-refractivity contribution in [3.05, 3.63) is 29.8 Å². The minimum absolute atomic E-state index is 0.0156. The van der Waals surface area contributed by atoms with Crippen molar-refractivity contribution >= 4 is 17.5 Å². The zero-order chi connectivity index (χ0) is 14.7. The van der Waals surface area contributed by atoms with Crippen LogP contribution in [0.3, 0.4) is 0 Å². The molecule has 0 unspecified atom stereocenters. The number of benzene rings is 1. The van der Waals surface area contributed by atoms with Crippen molar-refractivity contribution in [2.45, 2.75) is 32.2 Å². The Balaban J connectivity index is 2.02. The Labute approximate surface area is 115 Å². The van der Waals surface area contributed by atoms with E-state index in [0.717, 1.165) is 29.9 Å². The third-order valence-corrected chi connectivity index (χ3v) is 3.09. The molecule has 2 rings (SSSR count). The van der Waals surface area contributed by atoms with Crippen molar-refractivity contribution < 1.29 is 18.4 Å². The number of halogens is 2. The fraction of sp³-hybridized carbons (Fsp3) is 0.429. The van der Waals surface area contributed by atoms with Gasteiger partial charge in [0.2, 0.25) is 11.8 Å². The van der Waals surface area contributed by atoms with Crippen molar-refractivity contribution in [1.29, 1.82) is 0 Å². The predicted octanol–water partition coefficient (Wildman–Crippen LogP) is 1.99. The van der Waals surface area contributed by atoms with E-state index in [9.17, 15) is 18.4 Å². The zero-order valence-corrected chi connectivity index (χ0v) is 11.2. The standard InChI is InChI=1S/C14H16F2N2O2/c1-9(19)18(7-6-14(20)17-11-3-4-11)13-5-2-10(15)8-12(13)16/h2,5,8,11H,3-4,6-7H2,1H3,(H,17,20). The fourth-order valence-corrected chi connectivity index (χ4v) is 1.89. The summed E-state index contributed by atoms with van der Waals surface area (Å²) in [5.41, 5.74) is -0.0156. The molecule has 0 saturated heterocycles. The summed E-state index contributed by atoms with van der Waals surface area (Å²) in [4.78, 5) is 24.3. The molecule has 1 aromatic carbocycles. The first kappa shape index (κ1) is 14.4. The SMILES string of the molecule is CC(=O)N(CCC(=O)NC1CC1)c1ccc(F)cc1F. The van der Waals surface area contributed by atoms with Crippen LogP contribution in [0.25, 0.3) is 0 Å². The summed E-state index contributed by atoms with van der Waals surface area (Å²) in [7, 11) is 0. The highest BCUT2D eigenvalue weighted by Gasteiger charge is 2.24. The number of rotatable bonds is 5. The molecule has 0 bridgehead atoms. The first-order chi connectivity index (χ1) is 9.47. The topological polar surface area (TPSA) is 49.4 Å². The molecular formula is C14H16F2N2O2. The van der Waals surface area contributed by atoms with Crippen LogP contribution in [0.5, 0.6) is 0 Å². The van der Waals surface area contributed by atoms with Gasteiger partial charge in [-0.25, -0.2) is 8.78 Å². The summed E-state index contributed by atoms with van der Waals surface area (Å²) in [5, 5.41) is 2.79. The summed E-state index contributed by atoms with van der Waals surface area (Å²) >= 11 is 0. The van der Waals surface area contributed by atoms with Gasteiger partial charge in [-0.3, -0.25) is 9.59 Å². The van der Waals surface area contributed by atoms with Crippen LogP contribution in [0.1, 0.15) is 26.2 Å². The summed E-state index contributed by atoms with van der Waals surface area (Å²) < 4.78 is 26.5. The highest BCUT2D eigenvalue weighted by molar-refractivity contribution is 5.92. The average Bonchev–Trinajstić information content (AvgIpc) is 3.15. The van der Waals surface area contributed by atoms with E-state index in [2.05, 4.69) is 5.32 Å². The van der Waals surface area contributed by atoms with E-state index in [1.807, 2.05) is 0 Å². The van der Waals surface area contributed by atoms with Gasteiger partial charge in [0, 0.05) is 32.0 Å². The minimum Gasteiger partial charge on any atom is -0.353 e. The highest BCUT2D eigenvalue weighted by Crippen LogP contribution is 2.21. The lowest BCUT2D eigenvalue weighted by molar-refractivity contribution is -0.121. The van der Waals surface area contributed by atoms with E-state index < -0.39 is 17.5 Å². The van der Waals surface area contributed by atoms with Crippen LogP contribution in [-0.2, 0) is 9.59 Å². The second kappa shape index (κ2) is 5.98. The minimum atomic E-state index is -0.817. The first-order valence-corrected chi connectivity index (χ1v) is 6.50. The van der Waals surface area contributed by atoms with Gasteiger partial charge >= 0.3 is 0 Å². The van der Waals surface area contributed by atoms with Crippen molar-refractivity contribution in [2.24, 2.45) is 0 Å². The number of amides is 2. The summed E-state index contributed by atoms with van der Waals surface area (Å²) in [5.74, 6) is -2.08. The van der Waals surface area contributed by atoms with Gasteiger partial charge in [0.05, 0.1) is 5.69 Å². The normalized spacial score (nSPS) is 13.9. The number of hydrogen-bond acceptors (Lipinski definition) is 2. The van der Waals surface area contributed by atoms with E-state index in [1.54, 1.807) is 0 Å². The molecule has 1 saturated carbocycles. The smallest absolute Gasteiger partial charge is 0.223 e. The van der Waals surface area contributed by atoms with E-state index >= 15 is 0 Å². The lowest BCUT2D eigenvalue weighted by Gasteiger charge is -2.21. The molecule has 0 spiro atoms. The molecule has 1 fully saturated rings. The Bertz CT molecular complexity index is 530. The van der Waals surface area contributed by atoms with Gasteiger partial charge in [-0.2, -0.15) is 0 Å². The summed E-state index contributed by atoms with van der Waals surface area (Å²) in [6, 6.07) is 3.25. The average molecular weight is 282 g/mol. The number of nitrogens with zero attached hydrogens (tertiary/aromatic N) is 1. The Morgan fingerprint density at radius 3 is 2.60 bits per heavy atom. The number of carbonyl (C=O) groups is 2. The summed E-state index contributed by atoms with van der Waals surface area (Å²) in [6.45, 7) is 1.35. The van der Waals surface area contributed by atoms with E-state index in [4.69, 9.17) is 0 Å². The molecule has 0 aromatic heterocycles. The van der Waals surface area contributed by atoms with Crippen LogP contribution in [-0.4, -0.2) is 24.4 Å². The third-order valence-electron chi connectivity index (χ3n) is 3.09. The van der Waals surface area contributed by atoms with Gasteiger partial charge in [0.25, 0.3) is 0 Å². The van der Waals surface area contributed by atoms with E-state index in [1.165, 1.54) is 13.0 Å².